The molecular formula is C15H14BrN3OS. The Labute approximate surface area is 135 Å². The predicted octanol–water partition coefficient (Wildman–Crippen LogP) is 3.91. The minimum absolute atomic E-state index is 0.00109. The average Bonchev–Trinajstić information content (AvgIpc) is 2.85. The summed E-state index contributed by atoms with van der Waals surface area (Å²) in [5.74, 6) is 1.47. The summed E-state index contributed by atoms with van der Waals surface area (Å²) in [6.45, 7) is 1.87. The van der Waals surface area contributed by atoms with Gasteiger partial charge >= 0.3 is 0 Å². The van der Waals surface area contributed by atoms with E-state index in [-0.39, 0.29) is 12.6 Å². The Bertz CT molecular complexity index is 760. The van der Waals surface area contributed by atoms with Crippen molar-refractivity contribution in [2.45, 2.75) is 13.0 Å². The van der Waals surface area contributed by atoms with E-state index in [9.17, 15) is 5.11 Å². The summed E-state index contributed by atoms with van der Waals surface area (Å²) in [5, 5.41) is 13.0. The van der Waals surface area contributed by atoms with Crippen LogP contribution in [0.5, 0.6) is 0 Å². The smallest absolute Gasteiger partial charge is 0.148 e. The lowest BCUT2D eigenvalue weighted by Crippen LogP contribution is -2.16. The van der Waals surface area contributed by atoms with Gasteiger partial charge in [0.05, 0.1) is 26.7 Å². The SMILES string of the molecule is Cc1nc(NC(CO)c2ccccc2)c2sc(Br)cc2n1. The Kier molecular flexibility index (Phi) is 4.19. The van der Waals surface area contributed by atoms with Gasteiger partial charge in [-0.3, -0.25) is 0 Å². The number of rotatable bonds is 4. The lowest BCUT2D eigenvalue weighted by Gasteiger charge is -2.18. The van der Waals surface area contributed by atoms with Gasteiger partial charge in [0, 0.05) is 0 Å². The third-order valence-corrected chi connectivity index (χ3v) is 4.78. The van der Waals surface area contributed by atoms with Crippen LogP contribution in [0.1, 0.15) is 17.4 Å². The first-order chi connectivity index (χ1) is 10.2. The van der Waals surface area contributed by atoms with Crippen LogP contribution in [0.2, 0.25) is 0 Å². The number of halogens is 1. The highest BCUT2D eigenvalue weighted by atomic mass is 79.9. The molecule has 0 amide bonds. The molecule has 0 saturated carbocycles. The maximum atomic E-state index is 9.68. The Balaban J connectivity index is 2.00. The molecule has 2 heterocycles. The Morgan fingerprint density at radius 2 is 2.05 bits per heavy atom. The molecule has 6 heteroatoms. The normalized spacial score (nSPS) is 12.5. The third-order valence-electron chi connectivity index (χ3n) is 3.15. The van der Waals surface area contributed by atoms with Crippen molar-refractivity contribution in [3.05, 3.63) is 51.6 Å². The van der Waals surface area contributed by atoms with Crippen LogP contribution in [0.25, 0.3) is 10.2 Å². The molecule has 0 radical (unpaired) electrons. The van der Waals surface area contributed by atoms with E-state index in [1.807, 2.05) is 43.3 Å². The maximum Gasteiger partial charge on any atom is 0.148 e. The summed E-state index contributed by atoms with van der Waals surface area (Å²) in [4.78, 5) is 8.91. The molecule has 0 fully saturated rings. The molecule has 3 rings (SSSR count). The second-order valence-corrected chi connectivity index (χ2v) is 7.11. The fourth-order valence-corrected chi connectivity index (χ4v) is 3.68. The number of thiophene rings is 1. The van der Waals surface area contributed by atoms with Gasteiger partial charge in [0.2, 0.25) is 0 Å². The van der Waals surface area contributed by atoms with Crippen molar-refractivity contribution >= 4 is 43.3 Å². The Morgan fingerprint density at radius 3 is 2.76 bits per heavy atom. The molecule has 0 aliphatic carbocycles. The van der Waals surface area contributed by atoms with E-state index in [4.69, 9.17) is 0 Å². The molecule has 0 aliphatic rings. The molecule has 0 saturated heterocycles. The highest BCUT2D eigenvalue weighted by Crippen LogP contribution is 2.34. The van der Waals surface area contributed by atoms with Crippen molar-refractivity contribution in [3.63, 3.8) is 0 Å². The molecule has 4 nitrogen and oxygen atoms in total. The van der Waals surface area contributed by atoms with Crippen LogP contribution >= 0.6 is 27.3 Å². The van der Waals surface area contributed by atoms with Gasteiger partial charge in [0.1, 0.15) is 11.6 Å². The van der Waals surface area contributed by atoms with Crippen LogP contribution in [0.15, 0.2) is 40.2 Å². The number of nitrogens with zero attached hydrogens (tertiary/aromatic N) is 2. The molecule has 0 aliphatic heterocycles. The summed E-state index contributed by atoms with van der Waals surface area (Å²) in [6, 6.07) is 11.7. The van der Waals surface area contributed by atoms with Crippen LogP contribution in [0.4, 0.5) is 5.82 Å². The monoisotopic (exact) mass is 363 g/mol. The second kappa shape index (κ2) is 6.09. The molecular weight excluding hydrogens is 350 g/mol. The predicted molar refractivity (Wildman–Crippen MR) is 89.7 cm³/mol. The number of fused-ring (bicyclic) bond motifs is 1. The number of aliphatic hydroxyl groups excluding tert-OH is 1. The lowest BCUT2D eigenvalue weighted by molar-refractivity contribution is 0.276. The minimum Gasteiger partial charge on any atom is -0.394 e. The molecule has 1 atom stereocenters. The molecule has 1 unspecified atom stereocenters. The van der Waals surface area contributed by atoms with Crippen molar-refractivity contribution in [2.24, 2.45) is 0 Å². The van der Waals surface area contributed by atoms with E-state index in [2.05, 4.69) is 31.2 Å². The zero-order chi connectivity index (χ0) is 14.8. The minimum atomic E-state index is -0.190. The Morgan fingerprint density at radius 1 is 1.29 bits per heavy atom. The van der Waals surface area contributed by atoms with Crippen LogP contribution in [0, 0.1) is 6.92 Å². The van der Waals surface area contributed by atoms with Crippen LogP contribution < -0.4 is 5.32 Å². The second-order valence-electron chi connectivity index (χ2n) is 4.67. The number of aryl methyl sites for hydroxylation is 1. The topological polar surface area (TPSA) is 58.0 Å². The van der Waals surface area contributed by atoms with Crippen LogP contribution in [-0.2, 0) is 0 Å². The third kappa shape index (κ3) is 3.07. The zero-order valence-electron chi connectivity index (χ0n) is 11.4. The van der Waals surface area contributed by atoms with Gasteiger partial charge in [-0.1, -0.05) is 30.3 Å². The van der Waals surface area contributed by atoms with E-state index < -0.39 is 0 Å². The molecule has 2 N–H and O–H groups in total. The van der Waals surface area contributed by atoms with Crippen molar-refractivity contribution < 1.29 is 5.11 Å². The fraction of sp³-hybridized carbons (Fsp3) is 0.200. The first-order valence-electron chi connectivity index (χ1n) is 6.53. The Hall–Kier alpha value is -1.50. The molecule has 3 aromatic rings. The first-order valence-corrected chi connectivity index (χ1v) is 8.14. The van der Waals surface area contributed by atoms with Crippen LogP contribution in [0.3, 0.4) is 0 Å². The van der Waals surface area contributed by atoms with E-state index >= 15 is 0 Å². The number of aliphatic hydroxyl groups is 1. The van der Waals surface area contributed by atoms with Crippen molar-refractivity contribution in [1.29, 1.82) is 0 Å². The number of nitrogens with one attached hydrogen (secondary N) is 1. The largest absolute Gasteiger partial charge is 0.394 e. The summed E-state index contributed by atoms with van der Waals surface area (Å²) >= 11 is 5.07. The quantitative estimate of drug-likeness (QED) is 0.737. The van der Waals surface area contributed by atoms with Gasteiger partial charge in [-0.25, -0.2) is 9.97 Å². The maximum absolute atomic E-state index is 9.68. The highest BCUT2D eigenvalue weighted by molar-refractivity contribution is 9.11. The van der Waals surface area contributed by atoms with Gasteiger partial charge < -0.3 is 10.4 Å². The molecule has 0 bridgehead atoms. The van der Waals surface area contributed by atoms with Crippen LogP contribution in [-0.4, -0.2) is 21.7 Å². The fourth-order valence-electron chi connectivity index (χ4n) is 2.20. The molecule has 1 aromatic carbocycles. The highest BCUT2D eigenvalue weighted by Gasteiger charge is 2.15. The first kappa shape index (κ1) is 14.4. The molecule has 2 aromatic heterocycles. The zero-order valence-corrected chi connectivity index (χ0v) is 13.8. The lowest BCUT2D eigenvalue weighted by atomic mass is 10.1. The van der Waals surface area contributed by atoms with Crippen molar-refractivity contribution in [2.75, 3.05) is 11.9 Å². The van der Waals surface area contributed by atoms with E-state index in [1.165, 1.54) is 0 Å². The van der Waals surface area contributed by atoms with E-state index in [0.717, 1.165) is 25.4 Å². The van der Waals surface area contributed by atoms with E-state index in [0.29, 0.717) is 5.82 Å². The van der Waals surface area contributed by atoms with Gasteiger partial charge in [0.25, 0.3) is 0 Å². The van der Waals surface area contributed by atoms with Gasteiger partial charge in [0.15, 0.2) is 0 Å². The number of aromatic nitrogens is 2. The van der Waals surface area contributed by atoms with E-state index in [1.54, 1.807) is 11.3 Å². The van der Waals surface area contributed by atoms with Crippen molar-refractivity contribution in [1.82, 2.24) is 9.97 Å². The molecule has 0 spiro atoms. The van der Waals surface area contributed by atoms with Crippen molar-refractivity contribution in [3.8, 4) is 0 Å². The number of benzene rings is 1. The van der Waals surface area contributed by atoms with Gasteiger partial charge in [-0.05, 0) is 34.5 Å². The number of hydrogen-bond donors (Lipinski definition) is 2. The number of hydrogen-bond acceptors (Lipinski definition) is 5. The summed E-state index contributed by atoms with van der Waals surface area (Å²) in [6.07, 6.45) is 0. The summed E-state index contributed by atoms with van der Waals surface area (Å²) in [7, 11) is 0. The molecule has 21 heavy (non-hydrogen) atoms. The molecule has 108 valence electrons. The summed E-state index contributed by atoms with van der Waals surface area (Å²) in [5.41, 5.74) is 1.94. The summed E-state index contributed by atoms with van der Waals surface area (Å²) < 4.78 is 2.00. The van der Waals surface area contributed by atoms with Gasteiger partial charge in [-0.2, -0.15) is 0 Å². The van der Waals surface area contributed by atoms with Gasteiger partial charge in [-0.15, -0.1) is 11.3 Å². The standard InChI is InChI=1S/C15H14BrN3OS/c1-9-17-11-7-13(16)21-14(11)15(18-9)19-12(8-20)10-5-3-2-4-6-10/h2-7,12,20H,8H2,1H3,(H,17,18,19). The number of anilines is 1. The average molecular weight is 364 g/mol.